The standard InChI is InChI=1S/C21H23N3/c22-16-21(23-18-7-2-1-3-8-18)12-14-24(15-13-21)20-11-10-17-6-4-5-9-19(17)20/h1-9,20,23H,10-15H2/t20-/m1/s1. The van der Waals surface area contributed by atoms with Crippen molar-refractivity contribution in [2.75, 3.05) is 18.4 Å². The number of nitriles is 1. The third-order valence-electron chi connectivity index (χ3n) is 5.56. The van der Waals surface area contributed by atoms with Crippen LogP contribution in [-0.2, 0) is 6.42 Å². The quantitative estimate of drug-likeness (QED) is 0.924. The molecule has 1 atom stereocenters. The van der Waals surface area contributed by atoms with Crippen LogP contribution in [0.5, 0.6) is 0 Å². The minimum Gasteiger partial charge on any atom is -0.367 e. The third kappa shape index (κ3) is 2.79. The molecule has 0 spiro atoms. The minimum atomic E-state index is -0.435. The number of fused-ring (bicyclic) bond motifs is 1. The molecule has 0 aromatic heterocycles. The molecule has 3 heteroatoms. The summed E-state index contributed by atoms with van der Waals surface area (Å²) in [5, 5.41) is 13.3. The molecule has 2 aromatic rings. The molecule has 2 aromatic carbocycles. The third-order valence-corrected chi connectivity index (χ3v) is 5.56. The highest BCUT2D eigenvalue weighted by atomic mass is 15.2. The highest BCUT2D eigenvalue weighted by Crippen LogP contribution is 2.38. The van der Waals surface area contributed by atoms with Crippen molar-refractivity contribution in [2.45, 2.75) is 37.3 Å². The molecule has 1 saturated heterocycles. The predicted octanol–water partition coefficient (Wildman–Crippen LogP) is 4.14. The maximum absolute atomic E-state index is 9.78. The minimum absolute atomic E-state index is 0.435. The van der Waals surface area contributed by atoms with Gasteiger partial charge in [0.15, 0.2) is 0 Å². The molecule has 4 rings (SSSR count). The van der Waals surface area contributed by atoms with Gasteiger partial charge in [0.1, 0.15) is 5.54 Å². The summed E-state index contributed by atoms with van der Waals surface area (Å²) in [6.45, 7) is 1.96. The van der Waals surface area contributed by atoms with Crippen LogP contribution in [0, 0.1) is 11.3 Å². The monoisotopic (exact) mass is 317 g/mol. The first kappa shape index (κ1) is 15.2. The van der Waals surface area contributed by atoms with Gasteiger partial charge in [-0.25, -0.2) is 0 Å². The molecular weight excluding hydrogens is 294 g/mol. The second-order valence-corrected chi connectivity index (χ2v) is 6.97. The number of nitrogens with zero attached hydrogens (tertiary/aromatic N) is 2. The first-order valence-electron chi connectivity index (χ1n) is 8.86. The molecule has 3 nitrogen and oxygen atoms in total. The Labute approximate surface area is 143 Å². The largest absolute Gasteiger partial charge is 0.367 e. The molecule has 24 heavy (non-hydrogen) atoms. The van der Waals surface area contributed by atoms with Gasteiger partial charge in [0.25, 0.3) is 0 Å². The van der Waals surface area contributed by atoms with E-state index >= 15 is 0 Å². The normalized spacial score (nSPS) is 22.5. The number of aryl methyl sites for hydroxylation is 1. The molecule has 0 unspecified atom stereocenters. The van der Waals surface area contributed by atoms with Gasteiger partial charge in [0.2, 0.25) is 0 Å². The summed E-state index contributed by atoms with van der Waals surface area (Å²) in [5.74, 6) is 0. The lowest BCUT2D eigenvalue weighted by Gasteiger charge is -2.41. The molecule has 1 aliphatic heterocycles. The van der Waals surface area contributed by atoms with Crippen molar-refractivity contribution < 1.29 is 0 Å². The molecule has 1 heterocycles. The van der Waals surface area contributed by atoms with Gasteiger partial charge in [-0.15, -0.1) is 0 Å². The summed E-state index contributed by atoms with van der Waals surface area (Å²) in [6, 6.07) is 22.0. The van der Waals surface area contributed by atoms with E-state index in [2.05, 4.69) is 40.6 Å². The average molecular weight is 317 g/mol. The SMILES string of the molecule is N#CC1(Nc2ccccc2)CCN([C@@H]2CCc3ccccc32)CC1. The second-order valence-electron chi connectivity index (χ2n) is 6.97. The van der Waals surface area contributed by atoms with E-state index in [-0.39, 0.29) is 0 Å². The van der Waals surface area contributed by atoms with E-state index in [1.165, 1.54) is 24.0 Å². The van der Waals surface area contributed by atoms with Crippen molar-refractivity contribution in [3.05, 3.63) is 65.7 Å². The van der Waals surface area contributed by atoms with Crippen molar-refractivity contribution in [3.8, 4) is 6.07 Å². The van der Waals surface area contributed by atoms with Crippen molar-refractivity contribution in [3.63, 3.8) is 0 Å². The van der Waals surface area contributed by atoms with Crippen molar-refractivity contribution in [1.82, 2.24) is 4.90 Å². The number of anilines is 1. The molecule has 1 N–H and O–H groups in total. The smallest absolute Gasteiger partial charge is 0.127 e. The molecular formula is C21H23N3. The van der Waals surface area contributed by atoms with Crippen LogP contribution < -0.4 is 5.32 Å². The van der Waals surface area contributed by atoms with Gasteiger partial charge in [-0.1, -0.05) is 42.5 Å². The number of nitrogens with one attached hydrogen (secondary N) is 1. The van der Waals surface area contributed by atoms with Gasteiger partial charge in [-0.3, -0.25) is 4.90 Å². The van der Waals surface area contributed by atoms with Gasteiger partial charge in [-0.05, 0) is 48.9 Å². The highest BCUT2D eigenvalue weighted by molar-refractivity contribution is 5.47. The molecule has 2 aliphatic rings. The van der Waals surface area contributed by atoms with Gasteiger partial charge in [-0.2, -0.15) is 5.26 Å². The number of benzene rings is 2. The zero-order valence-electron chi connectivity index (χ0n) is 13.9. The van der Waals surface area contributed by atoms with Crippen LogP contribution in [0.15, 0.2) is 54.6 Å². The summed E-state index contributed by atoms with van der Waals surface area (Å²) in [5.41, 5.74) is 3.61. The summed E-state index contributed by atoms with van der Waals surface area (Å²) >= 11 is 0. The molecule has 0 saturated carbocycles. The Morgan fingerprint density at radius 2 is 1.71 bits per heavy atom. The van der Waals surface area contributed by atoms with E-state index in [1.807, 2.05) is 30.3 Å². The van der Waals surface area contributed by atoms with Crippen LogP contribution in [-0.4, -0.2) is 23.5 Å². The number of hydrogen-bond donors (Lipinski definition) is 1. The molecule has 1 fully saturated rings. The highest BCUT2D eigenvalue weighted by Gasteiger charge is 2.38. The first-order valence-corrected chi connectivity index (χ1v) is 8.86. The van der Waals surface area contributed by atoms with Crippen LogP contribution in [0.1, 0.15) is 36.4 Å². The Bertz CT molecular complexity index is 739. The van der Waals surface area contributed by atoms with E-state index in [1.54, 1.807) is 0 Å². The zero-order chi connectivity index (χ0) is 16.4. The van der Waals surface area contributed by atoms with E-state index in [9.17, 15) is 5.26 Å². The number of likely N-dealkylation sites (tertiary alicyclic amines) is 1. The van der Waals surface area contributed by atoms with Crippen molar-refractivity contribution >= 4 is 5.69 Å². The first-order chi connectivity index (χ1) is 11.8. The Morgan fingerprint density at radius 1 is 1.00 bits per heavy atom. The van der Waals surface area contributed by atoms with Crippen LogP contribution in [0.25, 0.3) is 0 Å². The molecule has 1 aliphatic carbocycles. The van der Waals surface area contributed by atoms with E-state index in [0.29, 0.717) is 6.04 Å². The number of piperidine rings is 1. The van der Waals surface area contributed by atoms with Gasteiger partial charge < -0.3 is 5.32 Å². The van der Waals surface area contributed by atoms with Crippen molar-refractivity contribution in [2.24, 2.45) is 0 Å². The molecule has 122 valence electrons. The fourth-order valence-corrected chi connectivity index (χ4v) is 4.19. The summed E-state index contributed by atoms with van der Waals surface area (Å²) in [6.07, 6.45) is 4.14. The van der Waals surface area contributed by atoms with E-state index in [0.717, 1.165) is 31.6 Å². The fourth-order valence-electron chi connectivity index (χ4n) is 4.19. The Kier molecular flexibility index (Phi) is 4.00. The van der Waals surface area contributed by atoms with Crippen LogP contribution in [0.4, 0.5) is 5.69 Å². The molecule has 0 bridgehead atoms. The number of hydrogen-bond acceptors (Lipinski definition) is 3. The molecule has 0 radical (unpaired) electrons. The zero-order valence-corrected chi connectivity index (χ0v) is 13.9. The maximum Gasteiger partial charge on any atom is 0.127 e. The number of para-hydroxylation sites is 1. The topological polar surface area (TPSA) is 39.1 Å². The Hall–Kier alpha value is -2.31. The maximum atomic E-state index is 9.78. The van der Waals surface area contributed by atoms with Gasteiger partial charge in [0, 0.05) is 24.8 Å². The fraction of sp³-hybridized carbons (Fsp3) is 0.381. The summed E-state index contributed by atoms with van der Waals surface area (Å²) in [7, 11) is 0. The van der Waals surface area contributed by atoms with Crippen LogP contribution in [0.2, 0.25) is 0 Å². The lowest BCUT2D eigenvalue weighted by molar-refractivity contribution is 0.141. The lowest BCUT2D eigenvalue weighted by Crippen LogP contribution is -2.49. The van der Waals surface area contributed by atoms with Gasteiger partial charge >= 0.3 is 0 Å². The van der Waals surface area contributed by atoms with Gasteiger partial charge in [0.05, 0.1) is 6.07 Å². The van der Waals surface area contributed by atoms with E-state index in [4.69, 9.17) is 0 Å². The Morgan fingerprint density at radius 3 is 2.46 bits per heavy atom. The summed E-state index contributed by atoms with van der Waals surface area (Å²) < 4.78 is 0. The van der Waals surface area contributed by atoms with Crippen LogP contribution >= 0.6 is 0 Å². The predicted molar refractivity (Wildman–Crippen MR) is 96.7 cm³/mol. The summed E-state index contributed by atoms with van der Waals surface area (Å²) in [4.78, 5) is 2.58. The van der Waals surface area contributed by atoms with Crippen molar-refractivity contribution in [1.29, 1.82) is 5.26 Å². The Balaban J connectivity index is 1.46. The van der Waals surface area contributed by atoms with Crippen LogP contribution in [0.3, 0.4) is 0 Å². The second kappa shape index (κ2) is 6.30. The van der Waals surface area contributed by atoms with E-state index < -0.39 is 5.54 Å². The lowest BCUT2D eigenvalue weighted by atomic mass is 9.87. The number of rotatable bonds is 3. The average Bonchev–Trinajstić information content (AvgIpc) is 3.07. The molecule has 0 amide bonds.